The quantitative estimate of drug-likeness (QED) is 0.624. The molecule has 2 rings (SSSR count). The number of benzene rings is 2. The molecule has 0 saturated heterocycles. The molecular formula is C16H18N3O4+. The number of carbonyl (C=O) groups excluding carboxylic acids is 1. The smallest absolute Gasteiger partial charge is 0.279 e. The number of quaternary nitrogens is 1. The average Bonchev–Trinajstić information content (AvgIpc) is 2.49. The van der Waals surface area contributed by atoms with Gasteiger partial charge in [0, 0.05) is 17.8 Å². The Morgan fingerprint density at radius 2 is 1.61 bits per heavy atom. The molecule has 0 aromatic heterocycles. The van der Waals surface area contributed by atoms with Gasteiger partial charge in [-0.2, -0.15) is 0 Å². The van der Waals surface area contributed by atoms with Crippen LogP contribution in [-0.4, -0.2) is 31.5 Å². The van der Waals surface area contributed by atoms with Crippen LogP contribution < -0.4 is 15.0 Å². The fraction of sp³-hybridized carbons (Fsp3) is 0.188. The van der Waals surface area contributed by atoms with E-state index in [1.54, 1.807) is 24.3 Å². The van der Waals surface area contributed by atoms with Crippen LogP contribution in [0, 0.1) is 10.1 Å². The van der Waals surface area contributed by atoms with Gasteiger partial charge in [0.2, 0.25) is 0 Å². The predicted octanol–water partition coefficient (Wildman–Crippen LogP) is 1.47. The van der Waals surface area contributed by atoms with E-state index < -0.39 is 4.92 Å². The molecule has 2 aromatic carbocycles. The molecule has 0 unspecified atom stereocenters. The van der Waals surface area contributed by atoms with Gasteiger partial charge in [-0.15, -0.1) is 0 Å². The molecule has 1 amide bonds. The molecule has 7 heteroatoms. The summed E-state index contributed by atoms with van der Waals surface area (Å²) in [5.74, 6) is 1.02. The number of nitro groups is 1. The van der Waals surface area contributed by atoms with Gasteiger partial charge in [-0.25, -0.2) is 0 Å². The van der Waals surface area contributed by atoms with Crippen molar-refractivity contribution in [3.63, 3.8) is 0 Å². The third-order valence-corrected chi connectivity index (χ3v) is 2.94. The van der Waals surface area contributed by atoms with Gasteiger partial charge < -0.3 is 15.0 Å². The zero-order valence-corrected chi connectivity index (χ0v) is 12.9. The van der Waals surface area contributed by atoms with Crippen molar-refractivity contribution >= 4 is 17.3 Å². The summed E-state index contributed by atoms with van der Waals surface area (Å²) in [6.45, 7) is 0.390. The lowest BCUT2D eigenvalue weighted by atomic mass is 10.3. The minimum atomic E-state index is -0.462. The van der Waals surface area contributed by atoms with Gasteiger partial charge in [-0.05, 0) is 36.4 Å². The Hall–Kier alpha value is -2.93. The number of hydrogen-bond acceptors (Lipinski definition) is 4. The Balaban J connectivity index is 1.97. The maximum Gasteiger partial charge on any atom is 0.279 e. The van der Waals surface area contributed by atoms with E-state index in [4.69, 9.17) is 4.74 Å². The largest absolute Gasteiger partial charge is 0.457 e. The molecule has 0 saturated carbocycles. The number of carbonyl (C=O) groups is 1. The second-order valence-corrected chi connectivity index (χ2v) is 5.31. The van der Waals surface area contributed by atoms with Gasteiger partial charge in [-0.1, -0.05) is 0 Å². The first-order valence-corrected chi connectivity index (χ1v) is 7.05. The first kappa shape index (κ1) is 16.4. The molecular weight excluding hydrogens is 298 g/mol. The van der Waals surface area contributed by atoms with Crippen molar-refractivity contribution in [2.75, 3.05) is 26.0 Å². The van der Waals surface area contributed by atoms with Gasteiger partial charge in [-0.3, -0.25) is 14.9 Å². The van der Waals surface area contributed by atoms with Crippen LogP contribution in [0.25, 0.3) is 0 Å². The summed E-state index contributed by atoms with van der Waals surface area (Å²) in [4.78, 5) is 22.8. The Labute approximate surface area is 133 Å². The van der Waals surface area contributed by atoms with Crippen molar-refractivity contribution in [1.82, 2.24) is 0 Å². The number of nitrogens with one attached hydrogen (secondary N) is 2. The maximum atomic E-state index is 11.7. The van der Waals surface area contributed by atoms with Crippen LogP contribution in [0.4, 0.5) is 11.4 Å². The third kappa shape index (κ3) is 5.08. The summed E-state index contributed by atoms with van der Waals surface area (Å²) in [6.07, 6.45) is 0. The van der Waals surface area contributed by atoms with Crippen molar-refractivity contribution in [2.45, 2.75) is 0 Å². The van der Waals surface area contributed by atoms with E-state index >= 15 is 0 Å². The van der Waals surface area contributed by atoms with Gasteiger partial charge >= 0.3 is 0 Å². The Bertz CT molecular complexity index is 681. The van der Waals surface area contributed by atoms with E-state index in [1.807, 2.05) is 14.1 Å². The first-order chi connectivity index (χ1) is 10.9. The monoisotopic (exact) mass is 316 g/mol. The lowest BCUT2D eigenvalue weighted by Gasteiger charge is -2.09. The standard InChI is InChI=1S/C16H17N3O4/c1-18(2)11-16(20)17-12-3-7-14(8-4-12)23-15-9-5-13(6-10-15)19(21)22/h3-10H,11H2,1-2H3,(H,17,20)/p+1. The highest BCUT2D eigenvalue weighted by Crippen LogP contribution is 2.24. The second-order valence-electron chi connectivity index (χ2n) is 5.31. The summed E-state index contributed by atoms with van der Waals surface area (Å²) in [7, 11) is 3.81. The topological polar surface area (TPSA) is 85.9 Å². The van der Waals surface area contributed by atoms with E-state index in [0.29, 0.717) is 23.7 Å². The number of nitrogens with zero attached hydrogens (tertiary/aromatic N) is 1. The van der Waals surface area contributed by atoms with Crippen LogP contribution in [0.15, 0.2) is 48.5 Å². The third-order valence-electron chi connectivity index (χ3n) is 2.94. The van der Waals surface area contributed by atoms with Gasteiger partial charge in [0.1, 0.15) is 11.5 Å². The number of rotatable bonds is 6. The van der Waals surface area contributed by atoms with Crippen LogP contribution in [0.5, 0.6) is 11.5 Å². The molecule has 2 aromatic rings. The highest BCUT2D eigenvalue weighted by atomic mass is 16.6. The van der Waals surface area contributed by atoms with E-state index in [1.165, 1.54) is 24.3 Å². The average molecular weight is 316 g/mol. The van der Waals surface area contributed by atoms with Crippen molar-refractivity contribution < 1.29 is 19.4 Å². The summed E-state index contributed by atoms with van der Waals surface area (Å²) in [5, 5.41) is 13.4. The number of amides is 1. The number of nitro benzene ring substituents is 1. The van der Waals surface area contributed by atoms with Crippen molar-refractivity contribution in [3.8, 4) is 11.5 Å². The summed E-state index contributed by atoms with van der Waals surface area (Å²) < 4.78 is 5.60. The van der Waals surface area contributed by atoms with E-state index in [2.05, 4.69) is 5.32 Å². The molecule has 7 nitrogen and oxygen atoms in total. The summed E-state index contributed by atoms with van der Waals surface area (Å²) in [6, 6.07) is 12.8. The Morgan fingerprint density at radius 1 is 1.09 bits per heavy atom. The minimum Gasteiger partial charge on any atom is -0.457 e. The second kappa shape index (κ2) is 7.37. The predicted molar refractivity (Wildman–Crippen MR) is 85.9 cm³/mol. The van der Waals surface area contributed by atoms with Crippen molar-refractivity contribution in [3.05, 3.63) is 58.6 Å². The molecule has 0 spiro atoms. The molecule has 0 aliphatic rings. The van der Waals surface area contributed by atoms with Crippen LogP contribution in [0.1, 0.15) is 0 Å². The lowest BCUT2D eigenvalue weighted by Crippen LogP contribution is -3.06. The highest BCUT2D eigenvalue weighted by Gasteiger charge is 2.07. The van der Waals surface area contributed by atoms with Gasteiger partial charge in [0.15, 0.2) is 6.54 Å². The molecule has 2 N–H and O–H groups in total. The molecule has 120 valence electrons. The highest BCUT2D eigenvalue weighted by molar-refractivity contribution is 5.91. The fourth-order valence-corrected chi connectivity index (χ4v) is 1.90. The summed E-state index contributed by atoms with van der Waals surface area (Å²) in [5.41, 5.74) is 0.700. The van der Waals surface area contributed by atoms with Crippen molar-refractivity contribution in [1.29, 1.82) is 0 Å². The van der Waals surface area contributed by atoms with E-state index in [-0.39, 0.29) is 11.6 Å². The number of likely N-dealkylation sites (N-methyl/N-ethyl adjacent to an activating group) is 1. The number of ether oxygens (including phenoxy) is 1. The van der Waals surface area contributed by atoms with E-state index in [0.717, 1.165) is 4.90 Å². The molecule has 0 heterocycles. The van der Waals surface area contributed by atoms with Gasteiger partial charge in [0.25, 0.3) is 11.6 Å². The van der Waals surface area contributed by atoms with Crippen LogP contribution in [0.3, 0.4) is 0 Å². The molecule has 0 fully saturated rings. The summed E-state index contributed by atoms with van der Waals surface area (Å²) >= 11 is 0. The normalized spacial score (nSPS) is 10.4. The van der Waals surface area contributed by atoms with Crippen LogP contribution in [0.2, 0.25) is 0 Å². The molecule has 0 aliphatic carbocycles. The number of non-ortho nitro benzene ring substituents is 1. The van der Waals surface area contributed by atoms with Crippen LogP contribution >= 0.6 is 0 Å². The minimum absolute atomic E-state index is 0.0124. The number of anilines is 1. The first-order valence-electron chi connectivity index (χ1n) is 7.05. The SMILES string of the molecule is C[NH+](C)CC(=O)Nc1ccc(Oc2ccc([N+](=O)[O-])cc2)cc1. The van der Waals surface area contributed by atoms with E-state index in [9.17, 15) is 14.9 Å². The molecule has 23 heavy (non-hydrogen) atoms. The van der Waals surface area contributed by atoms with Gasteiger partial charge in [0.05, 0.1) is 19.0 Å². The number of hydrogen-bond donors (Lipinski definition) is 2. The Morgan fingerprint density at radius 3 is 2.09 bits per heavy atom. The lowest BCUT2D eigenvalue weighted by molar-refractivity contribution is -0.849. The zero-order chi connectivity index (χ0) is 16.8. The zero-order valence-electron chi connectivity index (χ0n) is 12.9. The molecule has 0 aliphatic heterocycles. The van der Waals surface area contributed by atoms with Crippen LogP contribution in [-0.2, 0) is 4.79 Å². The molecule has 0 atom stereocenters. The molecule has 0 radical (unpaired) electrons. The molecule has 0 bridgehead atoms. The van der Waals surface area contributed by atoms with Crippen molar-refractivity contribution in [2.24, 2.45) is 0 Å². The maximum absolute atomic E-state index is 11.7. The fourth-order valence-electron chi connectivity index (χ4n) is 1.90. The Kier molecular flexibility index (Phi) is 5.27.